The van der Waals surface area contributed by atoms with Gasteiger partial charge in [-0.1, -0.05) is 18.2 Å². The number of rotatable bonds is 1. The molecule has 100 valence electrons. The summed E-state index contributed by atoms with van der Waals surface area (Å²) in [5, 5.41) is 3.41. The summed E-state index contributed by atoms with van der Waals surface area (Å²) in [5.74, 6) is 0.928. The first-order valence-electron chi connectivity index (χ1n) is 6.96. The first-order valence-corrected chi connectivity index (χ1v) is 6.96. The van der Waals surface area contributed by atoms with Gasteiger partial charge >= 0.3 is 0 Å². The fourth-order valence-corrected chi connectivity index (χ4v) is 2.87. The summed E-state index contributed by atoms with van der Waals surface area (Å²) in [7, 11) is 0. The van der Waals surface area contributed by atoms with Gasteiger partial charge in [-0.05, 0) is 43.1 Å². The monoisotopic (exact) mass is 264 g/mol. The molecule has 0 radical (unpaired) electrons. The highest BCUT2D eigenvalue weighted by Gasteiger charge is 2.16. The Balaban J connectivity index is 1.90. The molecular formula is C16H16N4. The SMILES string of the molecule is Cc1ccc2[nH]c(-c3cccc4c3CCNC4)nc2n1. The Morgan fingerprint density at radius 3 is 3.00 bits per heavy atom. The quantitative estimate of drug-likeness (QED) is 0.710. The Morgan fingerprint density at radius 1 is 1.10 bits per heavy atom. The van der Waals surface area contributed by atoms with Crippen LogP contribution in [0.2, 0.25) is 0 Å². The molecule has 2 aromatic heterocycles. The molecule has 0 saturated heterocycles. The van der Waals surface area contributed by atoms with Crippen molar-refractivity contribution >= 4 is 11.2 Å². The second-order valence-electron chi connectivity index (χ2n) is 5.28. The maximum absolute atomic E-state index is 4.66. The van der Waals surface area contributed by atoms with Gasteiger partial charge in [-0.25, -0.2) is 9.97 Å². The molecule has 4 rings (SSSR count). The molecule has 0 unspecified atom stereocenters. The number of aromatic nitrogens is 3. The van der Waals surface area contributed by atoms with E-state index in [9.17, 15) is 0 Å². The minimum atomic E-state index is 0.798. The van der Waals surface area contributed by atoms with Crippen molar-refractivity contribution in [3.63, 3.8) is 0 Å². The number of fused-ring (bicyclic) bond motifs is 2. The molecule has 2 N–H and O–H groups in total. The van der Waals surface area contributed by atoms with E-state index in [1.807, 2.05) is 19.1 Å². The van der Waals surface area contributed by atoms with Crippen LogP contribution in [0.5, 0.6) is 0 Å². The molecule has 4 heteroatoms. The minimum Gasteiger partial charge on any atom is -0.337 e. The second kappa shape index (κ2) is 4.42. The van der Waals surface area contributed by atoms with Crippen LogP contribution < -0.4 is 5.32 Å². The normalized spacial score (nSPS) is 14.4. The average Bonchev–Trinajstić information content (AvgIpc) is 2.89. The lowest BCUT2D eigenvalue weighted by Crippen LogP contribution is -2.24. The predicted octanol–water partition coefficient (Wildman–Crippen LogP) is 2.58. The second-order valence-corrected chi connectivity index (χ2v) is 5.28. The maximum Gasteiger partial charge on any atom is 0.178 e. The van der Waals surface area contributed by atoms with Gasteiger partial charge in [-0.15, -0.1) is 0 Å². The van der Waals surface area contributed by atoms with E-state index < -0.39 is 0 Å². The topological polar surface area (TPSA) is 53.6 Å². The van der Waals surface area contributed by atoms with E-state index in [0.717, 1.165) is 42.2 Å². The maximum atomic E-state index is 4.66. The van der Waals surface area contributed by atoms with Crippen LogP contribution in [0.4, 0.5) is 0 Å². The first kappa shape index (κ1) is 11.6. The number of hydrogen-bond acceptors (Lipinski definition) is 3. The third-order valence-electron chi connectivity index (χ3n) is 3.88. The average molecular weight is 264 g/mol. The lowest BCUT2D eigenvalue weighted by atomic mass is 9.95. The molecule has 3 aromatic rings. The smallest absolute Gasteiger partial charge is 0.178 e. The summed E-state index contributed by atoms with van der Waals surface area (Å²) in [6, 6.07) is 10.5. The van der Waals surface area contributed by atoms with Gasteiger partial charge in [-0.2, -0.15) is 0 Å². The van der Waals surface area contributed by atoms with Crippen LogP contribution in [0, 0.1) is 6.92 Å². The van der Waals surface area contributed by atoms with Crippen molar-refractivity contribution in [3.05, 3.63) is 47.2 Å². The number of hydrogen-bond donors (Lipinski definition) is 2. The van der Waals surface area contributed by atoms with Gasteiger partial charge in [0, 0.05) is 17.8 Å². The summed E-state index contributed by atoms with van der Waals surface area (Å²) in [5.41, 5.74) is 6.78. The minimum absolute atomic E-state index is 0.798. The number of nitrogens with zero attached hydrogens (tertiary/aromatic N) is 2. The van der Waals surface area contributed by atoms with Gasteiger partial charge in [0.15, 0.2) is 5.65 Å². The molecule has 1 aromatic carbocycles. The van der Waals surface area contributed by atoms with Crippen molar-refractivity contribution < 1.29 is 0 Å². The molecule has 0 aliphatic carbocycles. The van der Waals surface area contributed by atoms with Gasteiger partial charge in [0.05, 0.1) is 5.52 Å². The van der Waals surface area contributed by atoms with Crippen LogP contribution in [0.1, 0.15) is 16.8 Å². The lowest BCUT2D eigenvalue weighted by molar-refractivity contribution is 0.644. The molecule has 0 saturated carbocycles. The molecule has 1 aliphatic rings. The van der Waals surface area contributed by atoms with E-state index >= 15 is 0 Å². The number of H-pyrrole nitrogens is 1. The zero-order valence-electron chi connectivity index (χ0n) is 11.4. The standard InChI is InChI=1S/C16H16N4/c1-10-5-6-14-16(18-10)20-15(19-14)13-4-2-3-11-9-17-8-7-12(11)13/h2-6,17H,7-9H2,1H3,(H,18,19,20). The summed E-state index contributed by atoms with van der Waals surface area (Å²) in [4.78, 5) is 12.5. The van der Waals surface area contributed by atoms with Crippen LogP contribution >= 0.6 is 0 Å². The number of aryl methyl sites for hydroxylation is 1. The summed E-state index contributed by atoms with van der Waals surface area (Å²) in [6.07, 6.45) is 1.05. The summed E-state index contributed by atoms with van der Waals surface area (Å²) in [6.45, 7) is 3.96. The first-order chi connectivity index (χ1) is 9.81. The van der Waals surface area contributed by atoms with Crippen molar-refractivity contribution in [1.29, 1.82) is 0 Å². The number of nitrogens with one attached hydrogen (secondary N) is 2. The largest absolute Gasteiger partial charge is 0.337 e. The Bertz CT molecular complexity index is 788. The van der Waals surface area contributed by atoms with E-state index in [1.165, 1.54) is 16.7 Å². The van der Waals surface area contributed by atoms with Crippen LogP contribution in [-0.2, 0) is 13.0 Å². The predicted molar refractivity (Wildman–Crippen MR) is 79.5 cm³/mol. The molecule has 0 bridgehead atoms. The molecule has 0 spiro atoms. The summed E-state index contributed by atoms with van der Waals surface area (Å²) < 4.78 is 0. The Kier molecular flexibility index (Phi) is 2.57. The van der Waals surface area contributed by atoms with Crippen molar-refractivity contribution in [2.24, 2.45) is 0 Å². The van der Waals surface area contributed by atoms with Crippen LogP contribution in [0.25, 0.3) is 22.6 Å². The highest BCUT2D eigenvalue weighted by Crippen LogP contribution is 2.27. The van der Waals surface area contributed by atoms with E-state index in [-0.39, 0.29) is 0 Å². The van der Waals surface area contributed by atoms with Gasteiger partial charge in [-0.3, -0.25) is 0 Å². The van der Waals surface area contributed by atoms with Crippen molar-refractivity contribution in [3.8, 4) is 11.4 Å². The van der Waals surface area contributed by atoms with E-state index in [0.29, 0.717) is 0 Å². The van der Waals surface area contributed by atoms with Crippen molar-refractivity contribution in [1.82, 2.24) is 20.3 Å². The summed E-state index contributed by atoms with van der Waals surface area (Å²) >= 11 is 0. The molecule has 1 aliphatic heterocycles. The molecule has 3 heterocycles. The van der Waals surface area contributed by atoms with Gasteiger partial charge in [0.1, 0.15) is 5.82 Å². The third-order valence-corrected chi connectivity index (χ3v) is 3.88. The number of aromatic amines is 1. The molecule has 0 atom stereocenters. The third kappa shape index (κ3) is 1.80. The van der Waals surface area contributed by atoms with Gasteiger partial charge in [0.2, 0.25) is 0 Å². The number of imidazole rings is 1. The molecule has 20 heavy (non-hydrogen) atoms. The highest BCUT2D eigenvalue weighted by molar-refractivity contribution is 5.77. The molecular weight excluding hydrogens is 248 g/mol. The zero-order chi connectivity index (χ0) is 13.5. The van der Waals surface area contributed by atoms with Crippen LogP contribution in [-0.4, -0.2) is 21.5 Å². The van der Waals surface area contributed by atoms with Crippen LogP contribution in [0.15, 0.2) is 30.3 Å². The van der Waals surface area contributed by atoms with E-state index in [2.05, 4.69) is 38.5 Å². The van der Waals surface area contributed by atoms with E-state index in [4.69, 9.17) is 0 Å². The fourth-order valence-electron chi connectivity index (χ4n) is 2.87. The highest BCUT2D eigenvalue weighted by atomic mass is 15.0. The fraction of sp³-hybridized carbons (Fsp3) is 0.250. The zero-order valence-corrected chi connectivity index (χ0v) is 11.4. The molecule has 0 amide bonds. The van der Waals surface area contributed by atoms with Crippen LogP contribution in [0.3, 0.4) is 0 Å². The Labute approximate surface area is 117 Å². The Hall–Kier alpha value is -2.20. The van der Waals surface area contributed by atoms with Crippen molar-refractivity contribution in [2.75, 3.05) is 6.54 Å². The number of pyridine rings is 1. The molecule has 0 fully saturated rings. The van der Waals surface area contributed by atoms with E-state index in [1.54, 1.807) is 0 Å². The Morgan fingerprint density at radius 2 is 2.05 bits per heavy atom. The van der Waals surface area contributed by atoms with Gasteiger partial charge in [0.25, 0.3) is 0 Å². The number of benzene rings is 1. The van der Waals surface area contributed by atoms with Crippen molar-refractivity contribution in [2.45, 2.75) is 19.9 Å². The lowest BCUT2D eigenvalue weighted by Gasteiger charge is -2.19. The van der Waals surface area contributed by atoms with Gasteiger partial charge < -0.3 is 10.3 Å². The molecule has 4 nitrogen and oxygen atoms in total.